The standard InChI is InChI=1S/C18H24N2O/c1-3-17(15-7-5-4-6-8-15)20-18(2,19)13-14-9-11-16(21)12-10-14/h4-12,17,20-21H,3,13,19H2,1-2H3. The summed E-state index contributed by atoms with van der Waals surface area (Å²) < 4.78 is 0. The van der Waals surface area contributed by atoms with Gasteiger partial charge in [-0.05, 0) is 36.6 Å². The maximum Gasteiger partial charge on any atom is 0.115 e. The van der Waals surface area contributed by atoms with E-state index in [0.717, 1.165) is 12.0 Å². The number of benzene rings is 2. The van der Waals surface area contributed by atoms with Crippen molar-refractivity contribution < 1.29 is 5.11 Å². The highest BCUT2D eigenvalue weighted by Gasteiger charge is 2.23. The Kier molecular flexibility index (Phi) is 4.99. The second-order valence-corrected chi connectivity index (χ2v) is 5.78. The number of rotatable bonds is 6. The van der Waals surface area contributed by atoms with Crippen LogP contribution in [-0.2, 0) is 6.42 Å². The second kappa shape index (κ2) is 6.74. The second-order valence-electron chi connectivity index (χ2n) is 5.78. The monoisotopic (exact) mass is 284 g/mol. The van der Waals surface area contributed by atoms with Crippen LogP contribution in [0.15, 0.2) is 54.6 Å². The molecule has 4 N–H and O–H groups in total. The minimum atomic E-state index is -0.506. The predicted octanol–water partition coefficient (Wildman–Crippen LogP) is 3.35. The summed E-state index contributed by atoms with van der Waals surface area (Å²) in [6.45, 7) is 4.16. The molecule has 2 atom stereocenters. The lowest BCUT2D eigenvalue weighted by Gasteiger charge is -2.32. The van der Waals surface area contributed by atoms with Crippen LogP contribution >= 0.6 is 0 Å². The van der Waals surface area contributed by atoms with Gasteiger partial charge in [0.05, 0.1) is 5.66 Å². The minimum Gasteiger partial charge on any atom is -0.508 e. The van der Waals surface area contributed by atoms with Crippen molar-refractivity contribution in [3.8, 4) is 5.75 Å². The van der Waals surface area contributed by atoms with E-state index in [1.807, 2.05) is 37.3 Å². The fourth-order valence-corrected chi connectivity index (χ4v) is 2.59. The van der Waals surface area contributed by atoms with Gasteiger partial charge in [0.2, 0.25) is 0 Å². The molecule has 0 fully saturated rings. The average molecular weight is 284 g/mol. The summed E-state index contributed by atoms with van der Waals surface area (Å²) in [5, 5.41) is 12.9. The summed E-state index contributed by atoms with van der Waals surface area (Å²) in [4.78, 5) is 0. The molecule has 0 amide bonds. The van der Waals surface area contributed by atoms with E-state index in [1.54, 1.807) is 12.1 Å². The summed E-state index contributed by atoms with van der Waals surface area (Å²) in [5.74, 6) is 0.279. The third kappa shape index (κ3) is 4.59. The first-order chi connectivity index (χ1) is 10.00. The predicted molar refractivity (Wildman–Crippen MR) is 87.0 cm³/mol. The molecule has 0 saturated carbocycles. The van der Waals surface area contributed by atoms with Gasteiger partial charge >= 0.3 is 0 Å². The van der Waals surface area contributed by atoms with Crippen LogP contribution in [0.5, 0.6) is 5.75 Å². The summed E-state index contributed by atoms with van der Waals surface area (Å²) in [6, 6.07) is 17.8. The molecule has 0 spiro atoms. The van der Waals surface area contributed by atoms with Crippen LogP contribution < -0.4 is 11.1 Å². The van der Waals surface area contributed by atoms with E-state index in [2.05, 4.69) is 24.4 Å². The number of hydrogen-bond acceptors (Lipinski definition) is 3. The van der Waals surface area contributed by atoms with Crippen molar-refractivity contribution in [2.24, 2.45) is 5.73 Å². The molecular weight excluding hydrogens is 260 g/mol. The van der Waals surface area contributed by atoms with Crippen LogP contribution in [0.3, 0.4) is 0 Å². The van der Waals surface area contributed by atoms with Gasteiger partial charge in [0.1, 0.15) is 5.75 Å². The number of hydrogen-bond donors (Lipinski definition) is 3. The molecule has 0 aliphatic heterocycles. The van der Waals surface area contributed by atoms with Crippen molar-refractivity contribution in [2.75, 3.05) is 0 Å². The van der Waals surface area contributed by atoms with Gasteiger partial charge in [-0.3, -0.25) is 5.32 Å². The van der Waals surface area contributed by atoms with E-state index >= 15 is 0 Å². The zero-order valence-corrected chi connectivity index (χ0v) is 12.7. The van der Waals surface area contributed by atoms with Crippen molar-refractivity contribution in [3.05, 3.63) is 65.7 Å². The Morgan fingerprint density at radius 1 is 1.10 bits per heavy atom. The molecular formula is C18H24N2O. The minimum absolute atomic E-state index is 0.235. The van der Waals surface area contributed by atoms with Gasteiger partial charge in [-0.2, -0.15) is 0 Å². The molecule has 3 heteroatoms. The van der Waals surface area contributed by atoms with E-state index in [4.69, 9.17) is 5.73 Å². The van der Waals surface area contributed by atoms with Gasteiger partial charge in [0, 0.05) is 12.5 Å². The van der Waals surface area contributed by atoms with E-state index in [0.29, 0.717) is 6.42 Å². The summed E-state index contributed by atoms with van der Waals surface area (Å²) >= 11 is 0. The van der Waals surface area contributed by atoms with Crippen LogP contribution in [0.2, 0.25) is 0 Å². The lowest BCUT2D eigenvalue weighted by atomic mass is 9.97. The largest absolute Gasteiger partial charge is 0.508 e. The van der Waals surface area contributed by atoms with Gasteiger partial charge in [-0.15, -0.1) is 0 Å². The first kappa shape index (κ1) is 15.5. The number of aromatic hydroxyl groups is 1. The topological polar surface area (TPSA) is 58.3 Å². The lowest BCUT2D eigenvalue weighted by molar-refractivity contribution is 0.311. The maximum absolute atomic E-state index is 9.34. The Balaban J connectivity index is 2.06. The number of nitrogens with one attached hydrogen (secondary N) is 1. The molecule has 2 rings (SSSR count). The molecule has 2 aromatic rings. The van der Waals surface area contributed by atoms with E-state index < -0.39 is 5.66 Å². The first-order valence-electron chi connectivity index (χ1n) is 7.39. The van der Waals surface area contributed by atoms with Crippen LogP contribution in [-0.4, -0.2) is 10.8 Å². The highest BCUT2D eigenvalue weighted by atomic mass is 16.3. The Morgan fingerprint density at radius 3 is 2.29 bits per heavy atom. The quantitative estimate of drug-likeness (QED) is 0.713. The number of nitrogens with two attached hydrogens (primary N) is 1. The third-order valence-electron chi connectivity index (χ3n) is 3.62. The van der Waals surface area contributed by atoms with Crippen molar-refractivity contribution in [1.29, 1.82) is 0 Å². The first-order valence-corrected chi connectivity index (χ1v) is 7.39. The fraction of sp³-hybridized carbons (Fsp3) is 0.333. The molecule has 2 unspecified atom stereocenters. The molecule has 0 heterocycles. The fourth-order valence-electron chi connectivity index (χ4n) is 2.59. The molecule has 2 aromatic carbocycles. The van der Waals surface area contributed by atoms with Gasteiger partial charge < -0.3 is 10.8 Å². The molecule has 112 valence electrons. The normalized spacial score (nSPS) is 15.4. The van der Waals surface area contributed by atoms with Crippen LogP contribution in [0.4, 0.5) is 0 Å². The molecule has 0 saturated heterocycles. The van der Waals surface area contributed by atoms with Crippen LogP contribution in [0.1, 0.15) is 37.4 Å². The Labute approximate surface area is 126 Å². The van der Waals surface area contributed by atoms with Gasteiger partial charge in [-0.1, -0.05) is 49.4 Å². The van der Waals surface area contributed by atoms with Crippen molar-refractivity contribution in [3.63, 3.8) is 0 Å². The van der Waals surface area contributed by atoms with Crippen molar-refractivity contribution >= 4 is 0 Å². The van der Waals surface area contributed by atoms with Gasteiger partial charge in [0.25, 0.3) is 0 Å². The summed E-state index contributed by atoms with van der Waals surface area (Å²) in [6.07, 6.45) is 1.68. The lowest BCUT2D eigenvalue weighted by Crippen LogP contribution is -2.53. The van der Waals surface area contributed by atoms with Crippen LogP contribution in [0, 0.1) is 0 Å². The van der Waals surface area contributed by atoms with Crippen molar-refractivity contribution in [2.45, 2.75) is 38.4 Å². The summed E-state index contributed by atoms with van der Waals surface area (Å²) in [5.41, 5.74) is 8.28. The van der Waals surface area contributed by atoms with E-state index in [9.17, 15) is 5.11 Å². The molecule has 0 bridgehead atoms. The number of phenols is 1. The molecule has 21 heavy (non-hydrogen) atoms. The van der Waals surface area contributed by atoms with Crippen LogP contribution in [0.25, 0.3) is 0 Å². The zero-order chi connectivity index (χ0) is 15.3. The number of phenolic OH excluding ortho intramolecular Hbond substituents is 1. The molecule has 0 aromatic heterocycles. The van der Waals surface area contributed by atoms with Gasteiger partial charge in [-0.25, -0.2) is 0 Å². The van der Waals surface area contributed by atoms with Crippen molar-refractivity contribution in [1.82, 2.24) is 5.32 Å². The Bertz CT molecular complexity index is 549. The molecule has 0 radical (unpaired) electrons. The average Bonchev–Trinajstić information content (AvgIpc) is 2.48. The maximum atomic E-state index is 9.34. The van der Waals surface area contributed by atoms with Gasteiger partial charge in [0.15, 0.2) is 0 Å². The highest BCUT2D eigenvalue weighted by molar-refractivity contribution is 5.27. The highest BCUT2D eigenvalue weighted by Crippen LogP contribution is 2.20. The molecule has 3 nitrogen and oxygen atoms in total. The Morgan fingerprint density at radius 2 is 1.71 bits per heavy atom. The summed E-state index contributed by atoms with van der Waals surface area (Å²) in [7, 11) is 0. The van der Waals surface area contributed by atoms with E-state index in [-0.39, 0.29) is 11.8 Å². The van der Waals surface area contributed by atoms with E-state index in [1.165, 1.54) is 5.56 Å². The zero-order valence-electron chi connectivity index (χ0n) is 12.7. The molecule has 0 aliphatic carbocycles. The third-order valence-corrected chi connectivity index (χ3v) is 3.62. The molecule has 0 aliphatic rings. The Hall–Kier alpha value is -1.84. The SMILES string of the molecule is CCC(NC(C)(N)Cc1ccc(O)cc1)c1ccccc1. The smallest absolute Gasteiger partial charge is 0.115 e.